The molecule has 1 unspecified atom stereocenters. The number of thiazole rings is 1. The third-order valence-corrected chi connectivity index (χ3v) is 10.2. The van der Waals surface area contributed by atoms with Crippen LogP contribution in [0.5, 0.6) is 0 Å². The zero-order chi connectivity index (χ0) is 21.6. The number of thiophene rings is 1. The van der Waals surface area contributed by atoms with Crippen molar-refractivity contribution in [1.82, 2.24) is 8.87 Å². The van der Waals surface area contributed by atoms with Crippen molar-refractivity contribution in [3.8, 4) is 0 Å². The van der Waals surface area contributed by atoms with Gasteiger partial charge in [0.15, 0.2) is 4.80 Å². The van der Waals surface area contributed by atoms with Crippen molar-refractivity contribution in [2.45, 2.75) is 29.5 Å². The summed E-state index contributed by atoms with van der Waals surface area (Å²) in [6.07, 6.45) is 2.05. The molecule has 1 atom stereocenters. The lowest BCUT2D eigenvalue weighted by molar-refractivity contribution is -0.122. The number of carbonyl (C=O) groups excluding carboxylic acids is 1. The molecule has 6 nitrogen and oxygen atoms in total. The molecule has 2 aromatic carbocycles. The van der Waals surface area contributed by atoms with E-state index in [-0.39, 0.29) is 4.21 Å². The van der Waals surface area contributed by atoms with E-state index in [9.17, 15) is 13.2 Å². The third-order valence-electron chi connectivity index (χ3n) is 5.70. The number of rotatable bonds is 3. The molecule has 3 heterocycles. The monoisotopic (exact) mass is 471 g/mol. The molecule has 1 aliphatic heterocycles. The van der Waals surface area contributed by atoms with Crippen molar-refractivity contribution in [2.24, 2.45) is 12.0 Å². The molecule has 2 aromatic heterocycles. The lowest BCUT2D eigenvalue weighted by Gasteiger charge is -2.31. The highest BCUT2D eigenvalue weighted by Crippen LogP contribution is 2.29. The van der Waals surface area contributed by atoms with Crippen molar-refractivity contribution >= 4 is 59.6 Å². The van der Waals surface area contributed by atoms with Crippen LogP contribution in [0.1, 0.15) is 19.3 Å². The SMILES string of the molecule is Cn1c(=NC(=O)C2CCCCN2S(=O)(=O)c2cccs2)sc2c3ccccc3ccc21. The fraction of sp³-hybridized carbons (Fsp3) is 0.273. The Hall–Kier alpha value is -2.33. The van der Waals surface area contributed by atoms with Crippen molar-refractivity contribution < 1.29 is 13.2 Å². The summed E-state index contributed by atoms with van der Waals surface area (Å²) in [5.74, 6) is -0.397. The fourth-order valence-electron chi connectivity index (χ4n) is 4.10. The van der Waals surface area contributed by atoms with Gasteiger partial charge in [0.05, 0.1) is 10.2 Å². The summed E-state index contributed by atoms with van der Waals surface area (Å²) < 4.78 is 30.8. The Bertz CT molecular complexity index is 1450. The third kappa shape index (κ3) is 3.55. The molecule has 4 aromatic rings. The summed E-state index contributed by atoms with van der Waals surface area (Å²) in [5, 5.41) is 3.99. The molecule has 0 spiro atoms. The molecule has 0 bridgehead atoms. The lowest BCUT2D eigenvalue weighted by atomic mass is 10.0. The Balaban J connectivity index is 1.57. The van der Waals surface area contributed by atoms with Crippen LogP contribution in [0, 0.1) is 0 Å². The van der Waals surface area contributed by atoms with Gasteiger partial charge in [-0.25, -0.2) is 8.42 Å². The average molecular weight is 472 g/mol. The van der Waals surface area contributed by atoms with E-state index in [0.717, 1.165) is 33.8 Å². The molecule has 31 heavy (non-hydrogen) atoms. The smallest absolute Gasteiger partial charge is 0.266 e. The van der Waals surface area contributed by atoms with Crippen LogP contribution < -0.4 is 4.80 Å². The van der Waals surface area contributed by atoms with Gasteiger partial charge >= 0.3 is 0 Å². The lowest BCUT2D eigenvalue weighted by Crippen LogP contribution is -2.47. The van der Waals surface area contributed by atoms with Crippen molar-refractivity contribution in [2.75, 3.05) is 6.54 Å². The first-order valence-electron chi connectivity index (χ1n) is 10.1. The first-order valence-corrected chi connectivity index (χ1v) is 13.2. The quantitative estimate of drug-likeness (QED) is 0.451. The van der Waals surface area contributed by atoms with E-state index in [4.69, 9.17) is 0 Å². The number of fused-ring (bicyclic) bond motifs is 3. The molecule has 1 amide bonds. The minimum atomic E-state index is -3.70. The zero-order valence-corrected chi connectivity index (χ0v) is 19.3. The number of carbonyl (C=O) groups is 1. The molecule has 9 heteroatoms. The molecule has 5 rings (SSSR count). The maximum Gasteiger partial charge on any atom is 0.266 e. The predicted octanol–water partition coefficient (Wildman–Crippen LogP) is 4.13. The van der Waals surface area contributed by atoms with Crippen LogP contribution >= 0.6 is 22.7 Å². The molecular weight excluding hydrogens is 450 g/mol. The second-order valence-electron chi connectivity index (χ2n) is 7.59. The number of aromatic nitrogens is 1. The van der Waals surface area contributed by atoms with Gasteiger partial charge in [0.1, 0.15) is 10.3 Å². The van der Waals surface area contributed by atoms with Gasteiger partial charge in [0, 0.05) is 19.0 Å². The maximum absolute atomic E-state index is 13.2. The van der Waals surface area contributed by atoms with E-state index in [0.29, 0.717) is 17.8 Å². The molecule has 1 aliphatic rings. The number of nitrogens with zero attached hydrogens (tertiary/aromatic N) is 3. The van der Waals surface area contributed by atoms with E-state index in [1.807, 2.05) is 29.8 Å². The van der Waals surface area contributed by atoms with Gasteiger partial charge in [-0.05, 0) is 35.7 Å². The summed E-state index contributed by atoms with van der Waals surface area (Å²) in [6.45, 7) is 0.343. The second kappa shape index (κ2) is 7.98. The first kappa shape index (κ1) is 20.6. The summed E-state index contributed by atoms with van der Waals surface area (Å²) in [4.78, 5) is 18.2. The Labute approximate surface area is 188 Å². The summed E-state index contributed by atoms with van der Waals surface area (Å²) in [7, 11) is -1.81. The van der Waals surface area contributed by atoms with E-state index in [1.165, 1.54) is 27.0 Å². The number of hydrogen-bond donors (Lipinski definition) is 0. The van der Waals surface area contributed by atoms with Crippen LogP contribution in [-0.4, -0.2) is 35.8 Å². The fourth-order valence-corrected chi connectivity index (χ4v) is 8.03. The van der Waals surface area contributed by atoms with E-state index < -0.39 is 22.0 Å². The predicted molar refractivity (Wildman–Crippen MR) is 125 cm³/mol. The van der Waals surface area contributed by atoms with Crippen molar-refractivity contribution in [1.29, 1.82) is 0 Å². The van der Waals surface area contributed by atoms with Crippen LogP contribution in [0.4, 0.5) is 0 Å². The van der Waals surface area contributed by atoms with Crippen molar-refractivity contribution in [3.05, 3.63) is 58.7 Å². The first-order chi connectivity index (χ1) is 15.0. The normalized spacial score (nSPS) is 18.7. The number of benzene rings is 2. The molecular formula is C22H21N3O3S3. The van der Waals surface area contributed by atoms with E-state index in [1.54, 1.807) is 17.5 Å². The van der Waals surface area contributed by atoms with E-state index >= 15 is 0 Å². The van der Waals surface area contributed by atoms with Crippen LogP contribution in [0.2, 0.25) is 0 Å². The number of amides is 1. The molecule has 0 radical (unpaired) electrons. The Morgan fingerprint density at radius 2 is 1.94 bits per heavy atom. The maximum atomic E-state index is 13.2. The van der Waals surface area contributed by atoms with Gasteiger partial charge in [-0.1, -0.05) is 54.2 Å². The Morgan fingerprint density at radius 1 is 1.10 bits per heavy atom. The zero-order valence-electron chi connectivity index (χ0n) is 16.9. The van der Waals surface area contributed by atoms with Crippen LogP contribution in [0.3, 0.4) is 0 Å². The second-order valence-corrected chi connectivity index (χ2v) is 11.6. The van der Waals surface area contributed by atoms with Gasteiger partial charge in [-0.3, -0.25) is 4.79 Å². The van der Waals surface area contributed by atoms with Gasteiger partial charge in [0.2, 0.25) is 0 Å². The van der Waals surface area contributed by atoms with Gasteiger partial charge in [0.25, 0.3) is 15.9 Å². The number of aryl methyl sites for hydroxylation is 1. The highest BCUT2D eigenvalue weighted by molar-refractivity contribution is 7.91. The Kier molecular flexibility index (Phi) is 5.29. The molecule has 0 N–H and O–H groups in total. The van der Waals surface area contributed by atoms with E-state index in [2.05, 4.69) is 23.2 Å². The number of sulfonamides is 1. The van der Waals surface area contributed by atoms with Gasteiger partial charge in [-0.2, -0.15) is 9.30 Å². The molecule has 1 saturated heterocycles. The average Bonchev–Trinajstić information content (AvgIpc) is 3.43. The highest BCUT2D eigenvalue weighted by atomic mass is 32.2. The minimum absolute atomic E-state index is 0.270. The van der Waals surface area contributed by atoms with Gasteiger partial charge in [-0.15, -0.1) is 11.3 Å². The topological polar surface area (TPSA) is 71.7 Å². The van der Waals surface area contributed by atoms with Crippen LogP contribution in [0.25, 0.3) is 21.0 Å². The molecule has 0 aliphatic carbocycles. The summed E-state index contributed by atoms with van der Waals surface area (Å²) in [6, 6.07) is 14.8. The van der Waals surface area contributed by atoms with Crippen LogP contribution in [-0.2, 0) is 21.9 Å². The minimum Gasteiger partial charge on any atom is -0.319 e. The number of hydrogen-bond acceptors (Lipinski definition) is 5. The van der Waals surface area contributed by atoms with Crippen molar-refractivity contribution in [3.63, 3.8) is 0 Å². The molecule has 1 fully saturated rings. The Morgan fingerprint density at radius 3 is 2.74 bits per heavy atom. The van der Waals surface area contributed by atoms with Crippen LogP contribution in [0.15, 0.2) is 63.1 Å². The molecule has 160 valence electrons. The van der Waals surface area contributed by atoms with Gasteiger partial charge < -0.3 is 4.57 Å². The highest BCUT2D eigenvalue weighted by Gasteiger charge is 2.38. The number of piperidine rings is 1. The molecule has 0 saturated carbocycles. The standard InChI is InChI=1S/C22H21N3O3S3/c1-24-17-12-11-15-7-2-3-8-16(15)20(17)30-22(24)23-21(26)18-9-4-5-13-25(18)31(27,28)19-10-6-14-29-19/h2-3,6-8,10-12,14,18H,4-5,9,13H2,1H3. The summed E-state index contributed by atoms with van der Waals surface area (Å²) in [5.41, 5.74) is 1.00. The largest absolute Gasteiger partial charge is 0.319 e. The summed E-state index contributed by atoms with van der Waals surface area (Å²) >= 11 is 2.64.